The monoisotopic (exact) mass is 435 g/mol. The van der Waals surface area contributed by atoms with Crippen molar-refractivity contribution in [3.63, 3.8) is 0 Å². The van der Waals surface area contributed by atoms with Gasteiger partial charge in [0.1, 0.15) is 6.04 Å². The van der Waals surface area contributed by atoms with E-state index in [1.165, 1.54) is 0 Å². The number of benzene rings is 3. The molecule has 0 saturated carbocycles. The van der Waals surface area contributed by atoms with E-state index < -0.39 is 6.04 Å². The van der Waals surface area contributed by atoms with Gasteiger partial charge in [-0.25, -0.2) is 0 Å². The Bertz CT molecular complexity index is 1370. The molecule has 1 atom stereocenters. The number of carbonyl (C=O) groups is 2. The molecule has 1 amide bonds. The maximum absolute atomic E-state index is 13.6. The lowest BCUT2D eigenvalue weighted by Crippen LogP contribution is -2.22. The highest BCUT2D eigenvalue weighted by Gasteiger charge is 2.28. The summed E-state index contributed by atoms with van der Waals surface area (Å²) in [6.45, 7) is 4.54. The second kappa shape index (κ2) is 8.43. The topological polar surface area (TPSA) is 63.1 Å². The first-order chi connectivity index (χ1) is 16.0. The van der Waals surface area contributed by atoms with Crippen LogP contribution in [0.3, 0.4) is 0 Å². The first kappa shape index (κ1) is 20.8. The van der Waals surface area contributed by atoms with Gasteiger partial charge >= 0.3 is 0 Å². The Morgan fingerprint density at radius 1 is 0.909 bits per heavy atom. The Balaban J connectivity index is 1.42. The average Bonchev–Trinajstić information content (AvgIpc) is 3.21. The Morgan fingerprint density at radius 3 is 2.52 bits per heavy atom. The number of carbonyl (C=O) groups excluding carboxylic acids is 2. The van der Waals surface area contributed by atoms with Crippen molar-refractivity contribution in [2.75, 3.05) is 10.6 Å². The molecular formula is C28H25N3O2. The molecule has 0 spiro atoms. The normalized spacial score (nSPS) is 14.4. The Hall–Kier alpha value is -4.12. The molecule has 0 saturated heterocycles. The second-order valence-electron chi connectivity index (χ2n) is 8.46. The number of Topliss-reactive ketones (excluding diaryl/α,β-unsaturated/α-hetero) is 1. The predicted molar refractivity (Wildman–Crippen MR) is 131 cm³/mol. The molecule has 5 rings (SSSR count). The zero-order valence-corrected chi connectivity index (χ0v) is 18.6. The van der Waals surface area contributed by atoms with E-state index in [-0.39, 0.29) is 11.7 Å². The van der Waals surface area contributed by atoms with Crippen LogP contribution < -0.4 is 10.6 Å². The third-order valence-corrected chi connectivity index (χ3v) is 6.23. The van der Waals surface area contributed by atoms with Gasteiger partial charge in [0.25, 0.3) is 5.91 Å². The van der Waals surface area contributed by atoms with Crippen molar-refractivity contribution in [1.82, 2.24) is 4.57 Å². The van der Waals surface area contributed by atoms with E-state index >= 15 is 0 Å². The molecule has 4 aromatic rings. The van der Waals surface area contributed by atoms with Gasteiger partial charge in [0, 0.05) is 40.9 Å². The first-order valence-electron chi connectivity index (χ1n) is 11.0. The van der Waals surface area contributed by atoms with Crippen LogP contribution in [0, 0.1) is 13.8 Å². The van der Waals surface area contributed by atoms with Crippen molar-refractivity contribution in [2.45, 2.75) is 26.4 Å². The van der Waals surface area contributed by atoms with Gasteiger partial charge in [-0.15, -0.1) is 0 Å². The summed E-state index contributed by atoms with van der Waals surface area (Å²) in [5.74, 6) is -0.165. The van der Waals surface area contributed by atoms with E-state index in [1.54, 1.807) is 6.07 Å². The Kier molecular flexibility index (Phi) is 5.31. The summed E-state index contributed by atoms with van der Waals surface area (Å²) in [6.07, 6.45) is 2.01. The zero-order chi connectivity index (χ0) is 22.9. The number of nitrogens with zero attached hydrogens (tertiary/aromatic N) is 1. The van der Waals surface area contributed by atoms with Crippen LogP contribution >= 0.6 is 0 Å². The minimum Gasteiger partial charge on any atom is -0.370 e. The number of amides is 1. The molecule has 5 heteroatoms. The molecule has 1 aliphatic heterocycles. The molecule has 1 unspecified atom stereocenters. The van der Waals surface area contributed by atoms with Crippen LogP contribution in [0.25, 0.3) is 0 Å². The average molecular weight is 436 g/mol. The van der Waals surface area contributed by atoms with E-state index in [2.05, 4.69) is 21.3 Å². The molecule has 2 N–H and O–H groups in total. The van der Waals surface area contributed by atoms with E-state index in [4.69, 9.17) is 0 Å². The summed E-state index contributed by atoms with van der Waals surface area (Å²) in [4.78, 5) is 26.3. The van der Waals surface area contributed by atoms with E-state index in [1.807, 2.05) is 86.8 Å². The van der Waals surface area contributed by atoms with Gasteiger partial charge in [-0.2, -0.15) is 0 Å². The molecule has 0 fully saturated rings. The van der Waals surface area contributed by atoms with Crippen molar-refractivity contribution in [3.8, 4) is 0 Å². The number of fused-ring (bicyclic) bond motifs is 2. The van der Waals surface area contributed by atoms with E-state index in [9.17, 15) is 9.59 Å². The van der Waals surface area contributed by atoms with Gasteiger partial charge in [-0.1, -0.05) is 36.4 Å². The third-order valence-electron chi connectivity index (χ3n) is 6.23. The maximum Gasteiger partial charge on any atom is 0.255 e. The fourth-order valence-electron chi connectivity index (χ4n) is 4.39. The van der Waals surface area contributed by atoms with Gasteiger partial charge in [0.2, 0.25) is 0 Å². The quantitative estimate of drug-likeness (QED) is 0.401. The molecule has 3 aromatic carbocycles. The number of hydrogen-bond donors (Lipinski definition) is 2. The van der Waals surface area contributed by atoms with Gasteiger partial charge in [0.15, 0.2) is 5.78 Å². The SMILES string of the molecule is Cc1cc(C(=O)C2Nc3ccccc3Cn3cccc32)ccc1NC(=O)c1ccccc1C. The van der Waals surface area contributed by atoms with Crippen molar-refractivity contribution in [2.24, 2.45) is 0 Å². The highest BCUT2D eigenvalue weighted by molar-refractivity contribution is 6.06. The van der Waals surface area contributed by atoms with E-state index in [0.29, 0.717) is 16.8 Å². The minimum atomic E-state index is -0.490. The molecule has 2 heterocycles. The van der Waals surface area contributed by atoms with Crippen LogP contribution in [0.4, 0.5) is 11.4 Å². The number of anilines is 2. The Labute approximate surface area is 193 Å². The van der Waals surface area contributed by atoms with Crippen molar-refractivity contribution in [1.29, 1.82) is 0 Å². The van der Waals surface area contributed by atoms with Crippen LogP contribution in [0.15, 0.2) is 85.1 Å². The van der Waals surface area contributed by atoms with E-state index in [0.717, 1.165) is 34.6 Å². The smallest absolute Gasteiger partial charge is 0.255 e. The second-order valence-corrected chi connectivity index (χ2v) is 8.46. The summed E-state index contributed by atoms with van der Waals surface area (Å²) >= 11 is 0. The highest BCUT2D eigenvalue weighted by Crippen LogP contribution is 2.31. The van der Waals surface area contributed by atoms with Gasteiger partial charge in [-0.3, -0.25) is 9.59 Å². The standard InChI is InChI=1S/C28H25N3O2/c1-18-8-3-5-10-22(18)28(33)30-23-14-13-20(16-19(23)2)27(32)26-25-12-7-15-31(25)17-21-9-4-6-11-24(21)29-26/h3-16,26,29H,17H2,1-2H3,(H,30,33). The molecule has 1 aliphatic rings. The van der Waals surface area contributed by atoms with Crippen LogP contribution in [0.2, 0.25) is 0 Å². The molecule has 164 valence electrons. The zero-order valence-electron chi connectivity index (χ0n) is 18.6. The number of nitrogens with one attached hydrogen (secondary N) is 2. The number of ketones is 1. The number of aromatic nitrogens is 1. The summed E-state index contributed by atoms with van der Waals surface area (Å²) < 4.78 is 2.12. The molecule has 33 heavy (non-hydrogen) atoms. The number of hydrogen-bond acceptors (Lipinski definition) is 3. The molecule has 1 aromatic heterocycles. The third kappa shape index (κ3) is 3.94. The lowest BCUT2D eigenvalue weighted by Gasteiger charge is -2.19. The molecular weight excluding hydrogens is 410 g/mol. The predicted octanol–water partition coefficient (Wildman–Crippen LogP) is 5.76. The molecule has 0 bridgehead atoms. The van der Waals surface area contributed by atoms with Crippen LogP contribution in [0.1, 0.15) is 49.1 Å². The Morgan fingerprint density at radius 2 is 1.70 bits per heavy atom. The minimum absolute atomic E-state index is 0.00784. The lowest BCUT2D eigenvalue weighted by atomic mass is 9.98. The number of aryl methyl sites for hydroxylation is 2. The number of rotatable bonds is 4. The summed E-state index contributed by atoms with van der Waals surface area (Å²) in [5.41, 5.74) is 6.75. The molecule has 5 nitrogen and oxygen atoms in total. The van der Waals surface area contributed by atoms with Crippen molar-refractivity contribution in [3.05, 3.63) is 119 Å². The number of para-hydroxylation sites is 1. The fraction of sp³-hybridized carbons (Fsp3) is 0.143. The molecule has 0 radical (unpaired) electrons. The first-order valence-corrected chi connectivity index (χ1v) is 11.0. The van der Waals surface area contributed by atoms with Crippen molar-refractivity contribution < 1.29 is 9.59 Å². The van der Waals surface area contributed by atoms with Gasteiger partial charge < -0.3 is 15.2 Å². The van der Waals surface area contributed by atoms with Crippen LogP contribution in [-0.2, 0) is 6.54 Å². The van der Waals surface area contributed by atoms with Crippen LogP contribution in [-0.4, -0.2) is 16.3 Å². The maximum atomic E-state index is 13.6. The lowest BCUT2D eigenvalue weighted by molar-refractivity contribution is 0.0966. The summed E-state index contributed by atoms with van der Waals surface area (Å²) in [6, 6.07) is 24.5. The van der Waals surface area contributed by atoms with Gasteiger partial charge in [0.05, 0.1) is 0 Å². The largest absolute Gasteiger partial charge is 0.370 e. The molecule has 0 aliphatic carbocycles. The summed E-state index contributed by atoms with van der Waals surface area (Å²) in [7, 11) is 0. The fourth-order valence-corrected chi connectivity index (χ4v) is 4.39. The highest BCUT2D eigenvalue weighted by atomic mass is 16.1. The van der Waals surface area contributed by atoms with Gasteiger partial charge in [-0.05, 0) is 73.0 Å². The van der Waals surface area contributed by atoms with Crippen LogP contribution in [0.5, 0.6) is 0 Å². The van der Waals surface area contributed by atoms with Crippen molar-refractivity contribution >= 4 is 23.1 Å². The summed E-state index contributed by atoms with van der Waals surface area (Å²) in [5, 5.41) is 6.43.